The van der Waals surface area contributed by atoms with E-state index in [0.29, 0.717) is 12.4 Å². The molecule has 0 saturated carbocycles. The highest BCUT2D eigenvalue weighted by Gasteiger charge is 2.28. The van der Waals surface area contributed by atoms with Gasteiger partial charge in [0.1, 0.15) is 11.5 Å². The van der Waals surface area contributed by atoms with E-state index in [1.165, 1.54) is 6.20 Å². The number of hydrogen-bond donors (Lipinski definition) is 2. The van der Waals surface area contributed by atoms with Crippen molar-refractivity contribution in [2.24, 2.45) is 5.73 Å². The summed E-state index contributed by atoms with van der Waals surface area (Å²) in [5.74, 6) is 0.440. The van der Waals surface area contributed by atoms with Gasteiger partial charge in [0.25, 0.3) is 5.91 Å². The van der Waals surface area contributed by atoms with E-state index in [9.17, 15) is 4.79 Å². The van der Waals surface area contributed by atoms with Crippen LogP contribution in [0.25, 0.3) is 0 Å². The van der Waals surface area contributed by atoms with Crippen LogP contribution >= 0.6 is 11.6 Å². The number of carbonyl (C=O) groups excluding carboxylic acids is 1. The zero-order valence-corrected chi connectivity index (χ0v) is 13.3. The van der Waals surface area contributed by atoms with E-state index < -0.39 is 5.54 Å². The molecule has 0 saturated heterocycles. The molecule has 0 radical (unpaired) electrons. The Hall–Kier alpha value is -1.20. The Balaban J connectivity index is 3.05. The van der Waals surface area contributed by atoms with Crippen LogP contribution in [-0.2, 0) is 0 Å². The number of amides is 1. The number of halogens is 1. The Morgan fingerprint density at radius 1 is 1.45 bits per heavy atom. The second-order valence-electron chi connectivity index (χ2n) is 5.23. The smallest absolute Gasteiger partial charge is 0.272 e. The molecule has 6 heteroatoms. The van der Waals surface area contributed by atoms with Gasteiger partial charge in [0.05, 0.1) is 16.8 Å². The van der Waals surface area contributed by atoms with Crippen LogP contribution in [0.5, 0.6) is 0 Å². The predicted molar refractivity (Wildman–Crippen MR) is 81.0 cm³/mol. The van der Waals surface area contributed by atoms with Crippen LogP contribution in [-0.4, -0.2) is 28.0 Å². The van der Waals surface area contributed by atoms with Crippen LogP contribution in [0.1, 0.15) is 62.8 Å². The normalized spacial score (nSPS) is 11.8. The van der Waals surface area contributed by atoms with Crippen LogP contribution in [0.2, 0.25) is 5.02 Å². The Bertz CT molecular complexity index is 464. The van der Waals surface area contributed by atoms with E-state index in [1.54, 1.807) is 0 Å². The summed E-state index contributed by atoms with van der Waals surface area (Å²) in [6.07, 6.45) is 2.98. The quantitative estimate of drug-likeness (QED) is 0.845. The lowest BCUT2D eigenvalue weighted by atomic mass is 9.93. The summed E-state index contributed by atoms with van der Waals surface area (Å²) >= 11 is 6.04. The van der Waals surface area contributed by atoms with Crippen molar-refractivity contribution in [1.29, 1.82) is 0 Å². The number of nitrogens with one attached hydrogen (secondary N) is 1. The van der Waals surface area contributed by atoms with Gasteiger partial charge in [0.2, 0.25) is 0 Å². The van der Waals surface area contributed by atoms with E-state index in [1.807, 2.05) is 27.7 Å². The van der Waals surface area contributed by atoms with Crippen molar-refractivity contribution in [3.63, 3.8) is 0 Å². The van der Waals surface area contributed by atoms with Gasteiger partial charge in [-0.3, -0.25) is 4.79 Å². The molecule has 5 nitrogen and oxygen atoms in total. The number of aromatic nitrogens is 2. The van der Waals surface area contributed by atoms with Crippen molar-refractivity contribution < 1.29 is 4.79 Å². The lowest BCUT2D eigenvalue weighted by Crippen LogP contribution is -2.53. The van der Waals surface area contributed by atoms with Gasteiger partial charge in [-0.05, 0) is 12.8 Å². The van der Waals surface area contributed by atoms with E-state index >= 15 is 0 Å². The summed E-state index contributed by atoms with van der Waals surface area (Å²) in [6.45, 7) is 8.31. The lowest BCUT2D eigenvalue weighted by molar-refractivity contribution is 0.0889. The van der Waals surface area contributed by atoms with Crippen LogP contribution in [0.4, 0.5) is 0 Å². The van der Waals surface area contributed by atoms with Gasteiger partial charge < -0.3 is 11.1 Å². The molecule has 0 aliphatic carbocycles. The molecule has 3 N–H and O–H groups in total. The Morgan fingerprint density at radius 2 is 2.05 bits per heavy atom. The number of nitrogens with zero attached hydrogens (tertiary/aromatic N) is 2. The molecule has 20 heavy (non-hydrogen) atoms. The standard InChI is InChI=1S/C14H23ClN4O/c1-5-14(6-2,8-16)19-13(20)11-10(15)7-17-12(18-11)9(3)4/h7,9H,5-6,8,16H2,1-4H3,(H,19,20). The van der Waals surface area contributed by atoms with Gasteiger partial charge in [-0.2, -0.15) is 0 Å². The summed E-state index contributed by atoms with van der Waals surface area (Å²) in [4.78, 5) is 20.8. The average Bonchev–Trinajstić information content (AvgIpc) is 2.45. The molecule has 0 spiro atoms. The maximum Gasteiger partial charge on any atom is 0.272 e. The fourth-order valence-corrected chi connectivity index (χ4v) is 2.06. The zero-order valence-electron chi connectivity index (χ0n) is 12.5. The van der Waals surface area contributed by atoms with Crippen LogP contribution in [0, 0.1) is 0 Å². The molecular formula is C14H23ClN4O. The molecule has 0 atom stereocenters. The van der Waals surface area contributed by atoms with E-state index in [2.05, 4.69) is 15.3 Å². The third-order valence-corrected chi connectivity index (χ3v) is 3.89. The molecule has 0 aliphatic rings. The first kappa shape index (κ1) is 16.9. The van der Waals surface area contributed by atoms with E-state index in [0.717, 1.165) is 12.8 Å². The van der Waals surface area contributed by atoms with E-state index in [-0.39, 0.29) is 22.5 Å². The molecule has 0 aliphatic heterocycles. The van der Waals surface area contributed by atoms with Gasteiger partial charge in [-0.1, -0.05) is 39.3 Å². The molecule has 0 bridgehead atoms. The second-order valence-corrected chi connectivity index (χ2v) is 5.63. The van der Waals surface area contributed by atoms with Crippen molar-refractivity contribution in [3.8, 4) is 0 Å². The first-order valence-corrected chi connectivity index (χ1v) is 7.32. The van der Waals surface area contributed by atoms with Crippen molar-refractivity contribution in [1.82, 2.24) is 15.3 Å². The maximum atomic E-state index is 12.4. The Morgan fingerprint density at radius 3 is 2.50 bits per heavy atom. The fourth-order valence-electron chi connectivity index (χ4n) is 1.88. The van der Waals surface area contributed by atoms with Crippen LogP contribution in [0.15, 0.2) is 6.20 Å². The summed E-state index contributed by atoms with van der Waals surface area (Å²) in [6, 6.07) is 0. The molecule has 1 heterocycles. The molecule has 112 valence electrons. The van der Waals surface area contributed by atoms with Crippen molar-refractivity contribution in [2.45, 2.75) is 52.0 Å². The molecule has 0 unspecified atom stereocenters. The molecule has 1 aromatic rings. The van der Waals surface area contributed by atoms with Crippen LogP contribution in [0.3, 0.4) is 0 Å². The summed E-state index contributed by atoms with van der Waals surface area (Å²) in [5, 5.41) is 3.22. The minimum Gasteiger partial charge on any atom is -0.344 e. The number of hydrogen-bond acceptors (Lipinski definition) is 4. The van der Waals surface area contributed by atoms with Gasteiger partial charge in [0.15, 0.2) is 0 Å². The maximum absolute atomic E-state index is 12.4. The van der Waals surface area contributed by atoms with Crippen molar-refractivity contribution in [3.05, 3.63) is 22.7 Å². The SMILES string of the molecule is CCC(CC)(CN)NC(=O)c1nc(C(C)C)ncc1Cl. The summed E-state index contributed by atoms with van der Waals surface area (Å²) in [5.41, 5.74) is 5.59. The second kappa shape index (κ2) is 6.99. The highest BCUT2D eigenvalue weighted by Crippen LogP contribution is 2.19. The number of rotatable bonds is 6. The lowest BCUT2D eigenvalue weighted by Gasteiger charge is -2.31. The monoisotopic (exact) mass is 298 g/mol. The molecular weight excluding hydrogens is 276 g/mol. The summed E-state index contributed by atoms with van der Waals surface area (Å²) in [7, 11) is 0. The first-order chi connectivity index (χ1) is 9.39. The first-order valence-electron chi connectivity index (χ1n) is 6.94. The van der Waals surface area contributed by atoms with Gasteiger partial charge in [-0.15, -0.1) is 0 Å². The molecule has 1 aromatic heterocycles. The third kappa shape index (κ3) is 3.67. The topological polar surface area (TPSA) is 80.9 Å². The Labute approximate surface area is 125 Å². The average molecular weight is 299 g/mol. The zero-order chi connectivity index (χ0) is 15.3. The molecule has 1 amide bonds. The Kier molecular flexibility index (Phi) is 5.89. The minimum absolute atomic E-state index is 0.135. The van der Waals surface area contributed by atoms with Gasteiger partial charge >= 0.3 is 0 Å². The highest BCUT2D eigenvalue weighted by atomic mass is 35.5. The number of carbonyl (C=O) groups is 1. The molecule has 0 fully saturated rings. The number of nitrogens with two attached hydrogens (primary N) is 1. The van der Waals surface area contributed by atoms with E-state index in [4.69, 9.17) is 17.3 Å². The van der Waals surface area contributed by atoms with Crippen molar-refractivity contribution in [2.75, 3.05) is 6.54 Å². The minimum atomic E-state index is -0.413. The molecule has 1 rings (SSSR count). The predicted octanol–water partition coefficient (Wildman–Crippen LogP) is 2.50. The largest absolute Gasteiger partial charge is 0.344 e. The summed E-state index contributed by atoms with van der Waals surface area (Å²) < 4.78 is 0. The van der Waals surface area contributed by atoms with Crippen LogP contribution < -0.4 is 11.1 Å². The highest BCUT2D eigenvalue weighted by molar-refractivity contribution is 6.33. The third-order valence-electron chi connectivity index (χ3n) is 3.62. The fraction of sp³-hybridized carbons (Fsp3) is 0.643. The van der Waals surface area contributed by atoms with Gasteiger partial charge in [0, 0.05) is 12.5 Å². The van der Waals surface area contributed by atoms with Gasteiger partial charge in [-0.25, -0.2) is 9.97 Å². The van der Waals surface area contributed by atoms with Crippen molar-refractivity contribution >= 4 is 17.5 Å². The molecule has 0 aromatic carbocycles.